The predicted octanol–water partition coefficient (Wildman–Crippen LogP) is 6.99. The summed E-state index contributed by atoms with van der Waals surface area (Å²) in [5.41, 5.74) is -1.63. The molecule has 0 aromatic heterocycles. The second kappa shape index (κ2) is 12.2. The number of carbonyl (C=O) groups is 2. The SMILES string of the molecule is CCCCCCC(CC(C(=O)OC(C)(C)C)C(=O)OC(C)(C)C)ON1C(C)(C)CCCC1(C)C. The summed E-state index contributed by atoms with van der Waals surface area (Å²) in [7, 11) is 0. The fraction of sp³-hybridized carbons (Fsp3) is 0.929. The highest BCUT2D eigenvalue weighted by Gasteiger charge is 2.45. The first-order valence-electron chi connectivity index (χ1n) is 13.3. The van der Waals surface area contributed by atoms with Gasteiger partial charge in [-0.1, -0.05) is 32.6 Å². The maximum absolute atomic E-state index is 13.2. The van der Waals surface area contributed by atoms with Gasteiger partial charge in [-0.3, -0.25) is 14.4 Å². The Bertz CT molecular complexity index is 613. The molecule has 1 aliphatic heterocycles. The lowest BCUT2D eigenvalue weighted by molar-refractivity contribution is -0.307. The van der Waals surface area contributed by atoms with Crippen molar-refractivity contribution in [2.75, 3.05) is 0 Å². The first-order chi connectivity index (χ1) is 15.4. The predicted molar refractivity (Wildman–Crippen MR) is 137 cm³/mol. The minimum atomic E-state index is -1.02. The van der Waals surface area contributed by atoms with E-state index < -0.39 is 29.1 Å². The Morgan fingerprint density at radius 2 is 1.29 bits per heavy atom. The molecule has 0 saturated carbocycles. The van der Waals surface area contributed by atoms with E-state index >= 15 is 0 Å². The molecule has 0 spiro atoms. The summed E-state index contributed by atoms with van der Waals surface area (Å²) in [5.74, 6) is -2.10. The smallest absolute Gasteiger partial charge is 0.320 e. The molecule has 0 N–H and O–H groups in total. The number of carbonyl (C=O) groups excluding carboxylic acids is 2. The van der Waals surface area contributed by atoms with Crippen LogP contribution in [0.5, 0.6) is 0 Å². The second-order valence-electron chi connectivity index (χ2n) is 13.2. The molecular weight excluding hydrogens is 430 g/mol. The van der Waals surface area contributed by atoms with E-state index in [2.05, 4.69) is 39.7 Å². The Kier molecular flexibility index (Phi) is 11.1. The fourth-order valence-corrected chi connectivity index (χ4v) is 4.72. The number of piperidine rings is 1. The maximum Gasteiger partial charge on any atom is 0.320 e. The number of nitrogens with zero attached hydrogens (tertiary/aromatic N) is 1. The molecule has 0 aromatic carbocycles. The van der Waals surface area contributed by atoms with Crippen LogP contribution in [0.25, 0.3) is 0 Å². The number of ether oxygens (including phenoxy) is 2. The van der Waals surface area contributed by atoms with E-state index in [0.717, 1.165) is 51.4 Å². The number of hydrogen-bond donors (Lipinski definition) is 0. The van der Waals surface area contributed by atoms with Crippen LogP contribution in [0.15, 0.2) is 0 Å². The largest absolute Gasteiger partial charge is 0.459 e. The molecule has 34 heavy (non-hydrogen) atoms. The average molecular weight is 484 g/mol. The minimum absolute atomic E-state index is 0.128. The third-order valence-electron chi connectivity index (χ3n) is 6.19. The van der Waals surface area contributed by atoms with Crippen LogP contribution in [-0.2, 0) is 23.9 Å². The summed E-state index contributed by atoms with van der Waals surface area (Å²) in [4.78, 5) is 33.0. The van der Waals surface area contributed by atoms with Gasteiger partial charge in [0.25, 0.3) is 0 Å². The van der Waals surface area contributed by atoms with E-state index in [4.69, 9.17) is 14.3 Å². The van der Waals surface area contributed by atoms with Gasteiger partial charge in [-0.15, -0.1) is 0 Å². The van der Waals surface area contributed by atoms with E-state index in [1.807, 2.05) is 41.5 Å². The molecule has 0 radical (unpaired) electrons. The van der Waals surface area contributed by atoms with Crippen molar-refractivity contribution in [2.45, 2.75) is 162 Å². The van der Waals surface area contributed by atoms with E-state index in [1.54, 1.807) is 0 Å². The molecule has 0 aliphatic carbocycles. The standard InChI is InChI=1S/C28H53NO5/c1-12-13-14-15-17-21(34-29-27(8,9)18-16-19-28(29,10)11)20-22(23(30)32-25(2,3)4)24(31)33-26(5,6)7/h21-22H,12-20H2,1-11H3. The monoisotopic (exact) mass is 483 g/mol. The summed E-state index contributed by atoms with van der Waals surface area (Å²) in [6.07, 6.45) is 8.39. The van der Waals surface area contributed by atoms with Crippen LogP contribution in [0.2, 0.25) is 0 Å². The zero-order valence-electron chi connectivity index (χ0n) is 24.0. The Labute approximate surface area is 209 Å². The molecule has 0 bridgehead atoms. The van der Waals surface area contributed by atoms with E-state index in [-0.39, 0.29) is 23.6 Å². The van der Waals surface area contributed by atoms with Gasteiger partial charge in [-0.2, -0.15) is 5.06 Å². The first-order valence-corrected chi connectivity index (χ1v) is 13.3. The number of rotatable bonds is 11. The van der Waals surface area contributed by atoms with Crippen molar-refractivity contribution >= 4 is 11.9 Å². The Balaban J connectivity index is 3.20. The van der Waals surface area contributed by atoms with Crippen LogP contribution in [0, 0.1) is 5.92 Å². The van der Waals surface area contributed by atoms with Crippen molar-refractivity contribution in [1.29, 1.82) is 0 Å². The molecule has 1 aliphatic rings. The molecular formula is C28H53NO5. The molecule has 1 fully saturated rings. The van der Waals surface area contributed by atoms with Crippen molar-refractivity contribution in [3.8, 4) is 0 Å². The lowest BCUT2D eigenvalue weighted by Crippen LogP contribution is -2.59. The van der Waals surface area contributed by atoms with Crippen LogP contribution in [-0.4, -0.2) is 45.4 Å². The van der Waals surface area contributed by atoms with Crippen molar-refractivity contribution in [2.24, 2.45) is 5.92 Å². The summed E-state index contributed by atoms with van der Waals surface area (Å²) < 4.78 is 11.3. The lowest BCUT2D eigenvalue weighted by Gasteiger charge is -2.52. The second-order valence-corrected chi connectivity index (χ2v) is 13.2. The molecule has 1 rings (SSSR count). The molecule has 1 saturated heterocycles. The third-order valence-corrected chi connectivity index (χ3v) is 6.19. The van der Waals surface area contributed by atoms with Crippen LogP contribution < -0.4 is 0 Å². The Morgan fingerprint density at radius 3 is 1.71 bits per heavy atom. The van der Waals surface area contributed by atoms with Crippen molar-refractivity contribution in [1.82, 2.24) is 5.06 Å². The van der Waals surface area contributed by atoms with Gasteiger partial charge in [0.05, 0.1) is 6.10 Å². The highest BCUT2D eigenvalue weighted by Crippen LogP contribution is 2.40. The molecule has 1 unspecified atom stereocenters. The number of hydroxylamine groups is 2. The Hall–Kier alpha value is -1.14. The normalized spacial score (nSPS) is 19.6. The molecule has 1 heterocycles. The van der Waals surface area contributed by atoms with Gasteiger partial charge in [0.2, 0.25) is 0 Å². The van der Waals surface area contributed by atoms with Gasteiger partial charge in [0.1, 0.15) is 11.2 Å². The van der Waals surface area contributed by atoms with Crippen molar-refractivity contribution < 1.29 is 23.9 Å². The van der Waals surface area contributed by atoms with E-state index in [0.29, 0.717) is 0 Å². The minimum Gasteiger partial charge on any atom is -0.459 e. The molecule has 200 valence electrons. The number of hydrogen-bond acceptors (Lipinski definition) is 6. The lowest BCUT2D eigenvalue weighted by atomic mass is 9.82. The zero-order valence-corrected chi connectivity index (χ0v) is 24.0. The quantitative estimate of drug-likeness (QED) is 0.179. The number of unbranched alkanes of at least 4 members (excludes halogenated alkanes) is 3. The van der Waals surface area contributed by atoms with Crippen LogP contribution >= 0.6 is 0 Å². The van der Waals surface area contributed by atoms with E-state index in [9.17, 15) is 9.59 Å². The highest BCUT2D eigenvalue weighted by atomic mass is 16.7. The topological polar surface area (TPSA) is 65.1 Å². The van der Waals surface area contributed by atoms with Crippen molar-refractivity contribution in [3.05, 3.63) is 0 Å². The molecule has 6 heteroatoms. The molecule has 1 atom stereocenters. The number of esters is 2. The Morgan fingerprint density at radius 1 is 0.824 bits per heavy atom. The molecule has 6 nitrogen and oxygen atoms in total. The van der Waals surface area contributed by atoms with Gasteiger partial charge in [-0.25, -0.2) is 0 Å². The summed E-state index contributed by atoms with van der Waals surface area (Å²) in [6, 6.07) is 0. The highest BCUT2D eigenvalue weighted by molar-refractivity contribution is 5.95. The van der Waals surface area contributed by atoms with Crippen LogP contribution in [0.1, 0.15) is 134 Å². The van der Waals surface area contributed by atoms with Gasteiger partial charge in [-0.05, 0) is 101 Å². The van der Waals surface area contributed by atoms with Crippen LogP contribution in [0.4, 0.5) is 0 Å². The molecule has 0 amide bonds. The molecule has 0 aromatic rings. The summed E-state index contributed by atoms with van der Waals surface area (Å²) in [5, 5.41) is 2.13. The van der Waals surface area contributed by atoms with Gasteiger partial charge in [0, 0.05) is 11.1 Å². The van der Waals surface area contributed by atoms with Crippen molar-refractivity contribution in [3.63, 3.8) is 0 Å². The van der Waals surface area contributed by atoms with Crippen LogP contribution in [0.3, 0.4) is 0 Å². The van der Waals surface area contributed by atoms with Gasteiger partial charge >= 0.3 is 11.9 Å². The zero-order chi connectivity index (χ0) is 26.4. The van der Waals surface area contributed by atoms with E-state index in [1.165, 1.54) is 0 Å². The summed E-state index contributed by atoms with van der Waals surface area (Å²) >= 11 is 0. The maximum atomic E-state index is 13.2. The average Bonchev–Trinajstić information content (AvgIpc) is 2.61. The summed E-state index contributed by atoms with van der Waals surface area (Å²) in [6.45, 7) is 21.9. The fourth-order valence-electron chi connectivity index (χ4n) is 4.72. The van der Waals surface area contributed by atoms with Gasteiger partial charge < -0.3 is 9.47 Å². The first kappa shape index (κ1) is 30.9. The van der Waals surface area contributed by atoms with Gasteiger partial charge in [0.15, 0.2) is 5.92 Å². The third kappa shape index (κ3) is 10.6.